The molecular formula is C45H89NO5. The van der Waals surface area contributed by atoms with E-state index in [9.17, 15) is 14.7 Å². The fraction of sp³-hybridized carbons (Fsp3) is 0.956. The first-order valence-corrected chi connectivity index (χ1v) is 22.7. The summed E-state index contributed by atoms with van der Waals surface area (Å²) in [6.45, 7) is 13.4. The SMILES string of the molecule is CCCCCCCCC(CCCCCC)C(=O)OCCCCCCN(CCCO)CCCCCCOC(=O)C(CCCCCC)CCCCCC. The molecule has 6 heteroatoms. The van der Waals surface area contributed by atoms with Crippen LogP contribution in [0.25, 0.3) is 0 Å². The first kappa shape index (κ1) is 49.9. The Morgan fingerprint density at radius 1 is 0.412 bits per heavy atom. The Morgan fingerprint density at radius 3 is 1.08 bits per heavy atom. The van der Waals surface area contributed by atoms with E-state index in [4.69, 9.17) is 9.47 Å². The number of ether oxygens (including phenoxy) is 2. The monoisotopic (exact) mass is 724 g/mol. The summed E-state index contributed by atoms with van der Waals surface area (Å²) in [4.78, 5) is 28.3. The zero-order valence-electron chi connectivity index (χ0n) is 34.8. The summed E-state index contributed by atoms with van der Waals surface area (Å²) >= 11 is 0. The van der Waals surface area contributed by atoms with Crippen LogP contribution in [-0.4, -0.2) is 61.4 Å². The van der Waals surface area contributed by atoms with Gasteiger partial charge in [-0.15, -0.1) is 0 Å². The van der Waals surface area contributed by atoms with E-state index in [-0.39, 0.29) is 30.4 Å². The summed E-state index contributed by atoms with van der Waals surface area (Å²) < 4.78 is 11.6. The Balaban J connectivity index is 4.26. The molecule has 51 heavy (non-hydrogen) atoms. The Morgan fingerprint density at radius 2 is 0.706 bits per heavy atom. The molecule has 0 aromatic heterocycles. The van der Waals surface area contributed by atoms with Crippen molar-refractivity contribution < 1.29 is 24.2 Å². The van der Waals surface area contributed by atoms with Crippen molar-refractivity contribution in [3.63, 3.8) is 0 Å². The number of unbranched alkanes of at least 4 members (excludes halogenated alkanes) is 20. The first-order chi connectivity index (χ1) is 25.0. The van der Waals surface area contributed by atoms with E-state index in [2.05, 4.69) is 32.6 Å². The zero-order valence-corrected chi connectivity index (χ0v) is 34.8. The number of aliphatic hydroxyl groups excluding tert-OH is 1. The smallest absolute Gasteiger partial charge is 0.308 e. The summed E-state index contributed by atoms with van der Waals surface area (Å²) in [5, 5.41) is 9.42. The Labute approximate surface area is 318 Å². The van der Waals surface area contributed by atoms with Gasteiger partial charge in [-0.25, -0.2) is 0 Å². The highest BCUT2D eigenvalue weighted by Gasteiger charge is 2.20. The van der Waals surface area contributed by atoms with E-state index in [1.54, 1.807) is 0 Å². The van der Waals surface area contributed by atoms with Crippen LogP contribution in [0, 0.1) is 11.8 Å². The molecule has 304 valence electrons. The minimum Gasteiger partial charge on any atom is -0.465 e. The largest absolute Gasteiger partial charge is 0.465 e. The molecule has 0 bridgehead atoms. The van der Waals surface area contributed by atoms with Crippen LogP contribution in [0.3, 0.4) is 0 Å². The molecule has 1 atom stereocenters. The van der Waals surface area contributed by atoms with Crippen LogP contribution < -0.4 is 0 Å². The average molecular weight is 724 g/mol. The van der Waals surface area contributed by atoms with Gasteiger partial charge < -0.3 is 19.5 Å². The van der Waals surface area contributed by atoms with Gasteiger partial charge in [0.2, 0.25) is 0 Å². The maximum absolute atomic E-state index is 12.9. The number of hydrogen-bond donors (Lipinski definition) is 1. The lowest BCUT2D eigenvalue weighted by Crippen LogP contribution is -2.28. The van der Waals surface area contributed by atoms with Crippen LogP contribution in [0.1, 0.15) is 227 Å². The summed E-state index contributed by atoms with van der Waals surface area (Å²) in [5.74, 6) is 0.270. The predicted molar refractivity (Wildman–Crippen MR) is 218 cm³/mol. The van der Waals surface area contributed by atoms with E-state index in [1.165, 1.54) is 89.9 Å². The van der Waals surface area contributed by atoms with Gasteiger partial charge in [0.25, 0.3) is 0 Å². The van der Waals surface area contributed by atoms with E-state index in [1.807, 2.05) is 0 Å². The molecule has 0 spiro atoms. The number of hydrogen-bond acceptors (Lipinski definition) is 6. The molecule has 0 saturated carbocycles. The molecule has 6 nitrogen and oxygen atoms in total. The van der Waals surface area contributed by atoms with Crippen LogP contribution in [0.2, 0.25) is 0 Å². The minimum absolute atomic E-state index is 0.0434. The summed E-state index contributed by atoms with van der Waals surface area (Å²) in [7, 11) is 0. The fourth-order valence-corrected chi connectivity index (χ4v) is 7.18. The molecule has 0 heterocycles. The van der Waals surface area contributed by atoms with Gasteiger partial charge in [-0.3, -0.25) is 9.59 Å². The van der Waals surface area contributed by atoms with Gasteiger partial charge in [0.15, 0.2) is 0 Å². The normalized spacial score (nSPS) is 12.2. The van der Waals surface area contributed by atoms with Crippen LogP contribution in [-0.2, 0) is 19.1 Å². The minimum atomic E-state index is 0.0434. The highest BCUT2D eigenvalue weighted by atomic mass is 16.5. The fourth-order valence-electron chi connectivity index (χ4n) is 7.18. The first-order valence-electron chi connectivity index (χ1n) is 22.7. The second-order valence-corrected chi connectivity index (χ2v) is 15.6. The summed E-state index contributed by atoms with van der Waals surface area (Å²) in [6.07, 6.45) is 35.6. The molecule has 0 aromatic carbocycles. The Kier molecular flexibility index (Phi) is 39.2. The summed E-state index contributed by atoms with van der Waals surface area (Å²) in [6, 6.07) is 0. The Bertz CT molecular complexity index is 719. The number of esters is 2. The van der Waals surface area contributed by atoms with Crippen molar-refractivity contribution in [1.29, 1.82) is 0 Å². The maximum atomic E-state index is 12.9. The van der Waals surface area contributed by atoms with Crippen molar-refractivity contribution >= 4 is 11.9 Å². The third-order valence-corrected chi connectivity index (χ3v) is 10.6. The van der Waals surface area contributed by atoms with E-state index in [0.29, 0.717) is 13.2 Å². The quantitative estimate of drug-likeness (QED) is 0.0500. The van der Waals surface area contributed by atoms with Gasteiger partial charge in [0.05, 0.1) is 25.0 Å². The van der Waals surface area contributed by atoms with Crippen molar-refractivity contribution in [3.05, 3.63) is 0 Å². The molecule has 0 saturated heterocycles. The van der Waals surface area contributed by atoms with Crippen LogP contribution in [0.5, 0.6) is 0 Å². The van der Waals surface area contributed by atoms with Crippen LogP contribution in [0.15, 0.2) is 0 Å². The Hall–Kier alpha value is -1.14. The number of rotatable bonds is 41. The van der Waals surface area contributed by atoms with Crippen molar-refractivity contribution in [2.24, 2.45) is 11.8 Å². The molecule has 0 aliphatic rings. The highest BCUT2D eigenvalue weighted by molar-refractivity contribution is 5.72. The van der Waals surface area contributed by atoms with Crippen LogP contribution >= 0.6 is 0 Å². The molecule has 0 aromatic rings. The second-order valence-electron chi connectivity index (χ2n) is 15.6. The van der Waals surface area contributed by atoms with Crippen molar-refractivity contribution in [2.45, 2.75) is 227 Å². The maximum Gasteiger partial charge on any atom is 0.308 e. The van der Waals surface area contributed by atoms with E-state index >= 15 is 0 Å². The number of carbonyl (C=O) groups excluding carboxylic acids is 2. The molecule has 0 aliphatic heterocycles. The van der Waals surface area contributed by atoms with Crippen molar-refractivity contribution in [1.82, 2.24) is 4.90 Å². The molecule has 0 aliphatic carbocycles. The van der Waals surface area contributed by atoms with Gasteiger partial charge in [-0.05, 0) is 70.9 Å². The number of nitrogens with zero attached hydrogens (tertiary/aromatic N) is 1. The van der Waals surface area contributed by atoms with Crippen molar-refractivity contribution in [3.8, 4) is 0 Å². The molecular weight excluding hydrogens is 634 g/mol. The molecule has 0 rings (SSSR count). The zero-order chi connectivity index (χ0) is 37.5. The van der Waals surface area contributed by atoms with Gasteiger partial charge in [0.1, 0.15) is 0 Å². The van der Waals surface area contributed by atoms with Gasteiger partial charge in [-0.1, -0.05) is 169 Å². The third kappa shape index (κ3) is 33.2. The molecule has 1 N–H and O–H groups in total. The topological polar surface area (TPSA) is 76.1 Å². The van der Waals surface area contributed by atoms with Gasteiger partial charge in [-0.2, -0.15) is 0 Å². The lowest BCUT2D eigenvalue weighted by atomic mass is 9.94. The lowest BCUT2D eigenvalue weighted by molar-refractivity contribution is -0.150. The second kappa shape index (κ2) is 40.1. The van der Waals surface area contributed by atoms with Crippen molar-refractivity contribution in [2.75, 3.05) is 39.5 Å². The van der Waals surface area contributed by atoms with Crippen LogP contribution in [0.4, 0.5) is 0 Å². The third-order valence-electron chi connectivity index (χ3n) is 10.6. The lowest BCUT2D eigenvalue weighted by Gasteiger charge is -2.22. The molecule has 0 radical (unpaired) electrons. The van der Waals surface area contributed by atoms with E-state index < -0.39 is 0 Å². The van der Waals surface area contributed by atoms with Gasteiger partial charge >= 0.3 is 11.9 Å². The molecule has 1 unspecified atom stereocenters. The molecule has 0 amide bonds. The summed E-state index contributed by atoms with van der Waals surface area (Å²) in [5.41, 5.74) is 0. The number of aliphatic hydroxyl groups is 1. The predicted octanol–water partition coefficient (Wildman–Crippen LogP) is 12.8. The highest BCUT2D eigenvalue weighted by Crippen LogP contribution is 2.22. The van der Waals surface area contributed by atoms with Gasteiger partial charge in [0, 0.05) is 13.2 Å². The van der Waals surface area contributed by atoms with E-state index in [0.717, 1.165) is 129 Å². The average Bonchev–Trinajstić information content (AvgIpc) is 3.13. The molecule has 0 fully saturated rings. The number of carbonyl (C=O) groups is 2. The standard InChI is InChI=1S/C45H89NO5/c1-5-9-13-17-18-26-35-43(34-25-16-12-8-4)45(49)51-41-30-22-20-28-37-46(38-31-39-47)36-27-19-21-29-40-50-44(48)42(32-23-14-10-6-2)33-24-15-11-7-3/h42-43,47H,5-41H2,1-4H3.